The Bertz CT molecular complexity index is 334. The van der Waals surface area contributed by atoms with Crippen LogP contribution >= 0.6 is 0 Å². The molecule has 0 aliphatic heterocycles. The molecule has 0 saturated heterocycles. The lowest BCUT2D eigenvalue weighted by Crippen LogP contribution is -2.40. The normalized spacial score (nSPS) is 14.4. The van der Waals surface area contributed by atoms with Crippen LogP contribution in [0.4, 0.5) is 0 Å². The molecule has 0 saturated carbocycles. The summed E-state index contributed by atoms with van der Waals surface area (Å²) < 4.78 is 5.29. The minimum absolute atomic E-state index is 0.311. The zero-order valence-electron chi connectivity index (χ0n) is 11.7. The van der Waals surface area contributed by atoms with E-state index in [1.165, 1.54) is 5.56 Å². The standard InChI is InChI=1S/C16H25NO/c1-5-9-15(14-10-7-6-8-11-14)17-16(12-18-4)13(2)3/h5-8,10-11,13,15-17H,1,9,12H2,2-4H3/t15?,16-/m1/s1. The third-order valence-electron chi connectivity index (χ3n) is 3.17. The van der Waals surface area contributed by atoms with Crippen LogP contribution in [0.5, 0.6) is 0 Å². The molecular formula is C16H25NO. The van der Waals surface area contributed by atoms with Crippen molar-refractivity contribution in [3.05, 3.63) is 48.6 Å². The van der Waals surface area contributed by atoms with E-state index in [9.17, 15) is 0 Å². The summed E-state index contributed by atoms with van der Waals surface area (Å²) in [5.74, 6) is 0.543. The van der Waals surface area contributed by atoms with Gasteiger partial charge in [0.15, 0.2) is 0 Å². The summed E-state index contributed by atoms with van der Waals surface area (Å²) in [4.78, 5) is 0. The van der Waals surface area contributed by atoms with Crippen molar-refractivity contribution in [1.29, 1.82) is 0 Å². The topological polar surface area (TPSA) is 21.3 Å². The molecule has 0 heterocycles. The van der Waals surface area contributed by atoms with Crippen molar-refractivity contribution in [1.82, 2.24) is 5.32 Å². The third-order valence-corrected chi connectivity index (χ3v) is 3.17. The van der Waals surface area contributed by atoms with Crippen molar-refractivity contribution >= 4 is 0 Å². The van der Waals surface area contributed by atoms with Crippen LogP contribution in [0.1, 0.15) is 31.9 Å². The fourth-order valence-corrected chi connectivity index (χ4v) is 2.02. The Morgan fingerprint density at radius 3 is 2.44 bits per heavy atom. The minimum Gasteiger partial charge on any atom is -0.383 e. The lowest BCUT2D eigenvalue weighted by atomic mass is 9.99. The molecule has 0 bridgehead atoms. The smallest absolute Gasteiger partial charge is 0.0618 e. The molecule has 0 amide bonds. The van der Waals surface area contributed by atoms with Crippen LogP contribution in [0, 0.1) is 5.92 Å². The average Bonchev–Trinajstić information content (AvgIpc) is 2.38. The molecular weight excluding hydrogens is 222 g/mol. The van der Waals surface area contributed by atoms with E-state index in [2.05, 4.69) is 50.0 Å². The number of benzene rings is 1. The maximum atomic E-state index is 5.29. The van der Waals surface area contributed by atoms with Gasteiger partial charge in [0, 0.05) is 19.2 Å². The highest BCUT2D eigenvalue weighted by molar-refractivity contribution is 5.19. The number of hydrogen-bond donors (Lipinski definition) is 1. The molecule has 0 aliphatic carbocycles. The molecule has 0 radical (unpaired) electrons. The first kappa shape index (κ1) is 14.9. The fourth-order valence-electron chi connectivity index (χ4n) is 2.02. The first-order valence-corrected chi connectivity index (χ1v) is 6.59. The number of ether oxygens (including phenoxy) is 1. The van der Waals surface area contributed by atoms with Crippen molar-refractivity contribution in [3.8, 4) is 0 Å². The minimum atomic E-state index is 0.311. The molecule has 2 heteroatoms. The van der Waals surface area contributed by atoms with Crippen LogP contribution in [0.2, 0.25) is 0 Å². The Labute approximate surface area is 111 Å². The molecule has 0 aliphatic rings. The summed E-state index contributed by atoms with van der Waals surface area (Å²) in [6, 6.07) is 11.2. The second kappa shape index (κ2) is 8.06. The summed E-state index contributed by atoms with van der Waals surface area (Å²) in [6.45, 7) is 9.02. The first-order chi connectivity index (χ1) is 8.69. The number of nitrogens with one attached hydrogen (secondary N) is 1. The Morgan fingerprint density at radius 2 is 1.94 bits per heavy atom. The Hall–Kier alpha value is -1.12. The van der Waals surface area contributed by atoms with Gasteiger partial charge >= 0.3 is 0 Å². The van der Waals surface area contributed by atoms with E-state index in [1.54, 1.807) is 7.11 Å². The van der Waals surface area contributed by atoms with Gasteiger partial charge in [-0.15, -0.1) is 6.58 Å². The van der Waals surface area contributed by atoms with Gasteiger partial charge in [-0.2, -0.15) is 0 Å². The molecule has 0 aromatic heterocycles. The predicted octanol–water partition coefficient (Wildman–Crippen LogP) is 3.56. The molecule has 18 heavy (non-hydrogen) atoms. The maximum Gasteiger partial charge on any atom is 0.0618 e. The van der Waals surface area contributed by atoms with Gasteiger partial charge in [0.1, 0.15) is 0 Å². The first-order valence-electron chi connectivity index (χ1n) is 6.59. The summed E-state index contributed by atoms with van der Waals surface area (Å²) >= 11 is 0. The molecule has 100 valence electrons. The van der Waals surface area contributed by atoms with Gasteiger partial charge < -0.3 is 10.1 Å². The Balaban J connectivity index is 2.75. The lowest BCUT2D eigenvalue weighted by molar-refractivity contribution is 0.140. The fraction of sp³-hybridized carbons (Fsp3) is 0.500. The highest BCUT2D eigenvalue weighted by atomic mass is 16.5. The number of hydrogen-bond acceptors (Lipinski definition) is 2. The summed E-state index contributed by atoms with van der Waals surface area (Å²) in [7, 11) is 1.75. The highest BCUT2D eigenvalue weighted by Gasteiger charge is 2.18. The zero-order valence-corrected chi connectivity index (χ0v) is 11.7. The second-order valence-electron chi connectivity index (χ2n) is 4.96. The Morgan fingerprint density at radius 1 is 1.28 bits per heavy atom. The van der Waals surface area contributed by atoms with Crippen molar-refractivity contribution < 1.29 is 4.74 Å². The summed E-state index contributed by atoms with van der Waals surface area (Å²) in [5.41, 5.74) is 1.30. The number of methoxy groups -OCH3 is 1. The van der Waals surface area contributed by atoms with Crippen LogP contribution in [-0.2, 0) is 4.74 Å². The van der Waals surface area contributed by atoms with Crippen LogP contribution in [0.3, 0.4) is 0 Å². The zero-order chi connectivity index (χ0) is 13.4. The van der Waals surface area contributed by atoms with Crippen molar-refractivity contribution in [3.63, 3.8) is 0 Å². The maximum absolute atomic E-state index is 5.29. The third kappa shape index (κ3) is 4.63. The van der Waals surface area contributed by atoms with Gasteiger partial charge in [0.05, 0.1) is 6.61 Å². The molecule has 2 nitrogen and oxygen atoms in total. The van der Waals surface area contributed by atoms with E-state index in [1.807, 2.05) is 12.1 Å². The van der Waals surface area contributed by atoms with Crippen LogP contribution < -0.4 is 5.32 Å². The summed E-state index contributed by atoms with van der Waals surface area (Å²) in [6.07, 6.45) is 2.89. The van der Waals surface area contributed by atoms with Gasteiger partial charge in [-0.1, -0.05) is 50.3 Å². The van der Waals surface area contributed by atoms with Crippen molar-refractivity contribution in [2.75, 3.05) is 13.7 Å². The van der Waals surface area contributed by atoms with E-state index >= 15 is 0 Å². The quantitative estimate of drug-likeness (QED) is 0.709. The van der Waals surface area contributed by atoms with E-state index in [4.69, 9.17) is 4.74 Å². The molecule has 1 unspecified atom stereocenters. The average molecular weight is 247 g/mol. The second-order valence-corrected chi connectivity index (χ2v) is 4.96. The molecule has 1 N–H and O–H groups in total. The van der Waals surface area contributed by atoms with Gasteiger partial charge in [-0.25, -0.2) is 0 Å². The van der Waals surface area contributed by atoms with Gasteiger partial charge in [0.25, 0.3) is 0 Å². The van der Waals surface area contributed by atoms with Crippen molar-refractivity contribution in [2.45, 2.75) is 32.4 Å². The largest absolute Gasteiger partial charge is 0.383 e. The SMILES string of the molecule is C=CCC(N[C@H](COC)C(C)C)c1ccccc1. The predicted molar refractivity (Wildman–Crippen MR) is 77.6 cm³/mol. The molecule has 0 fully saturated rings. The highest BCUT2D eigenvalue weighted by Crippen LogP contribution is 2.19. The molecule has 1 aromatic rings. The van der Waals surface area contributed by atoms with Gasteiger partial charge in [0.2, 0.25) is 0 Å². The van der Waals surface area contributed by atoms with E-state index < -0.39 is 0 Å². The van der Waals surface area contributed by atoms with Gasteiger partial charge in [-0.3, -0.25) is 0 Å². The number of rotatable bonds is 8. The van der Waals surface area contributed by atoms with Crippen LogP contribution in [0.15, 0.2) is 43.0 Å². The van der Waals surface area contributed by atoms with Gasteiger partial charge in [-0.05, 0) is 17.9 Å². The lowest BCUT2D eigenvalue weighted by Gasteiger charge is -2.27. The monoisotopic (exact) mass is 247 g/mol. The molecule has 2 atom stereocenters. The van der Waals surface area contributed by atoms with E-state index in [-0.39, 0.29) is 0 Å². The van der Waals surface area contributed by atoms with Crippen LogP contribution in [0.25, 0.3) is 0 Å². The Kier molecular flexibility index (Phi) is 6.69. The summed E-state index contributed by atoms with van der Waals surface area (Å²) in [5, 5.41) is 3.68. The van der Waals surface area contributed by atoms with E-state index in [0.717, 1.165) is 13.0 Å². The van der Waals surface area contributed by atoms with Crippen LogP contribution in [-0.4, -0.2) is 19.8 Å². The van der Waals surface area contributed by atoms with E-state index in [0.29, 0.717) is 18.0 Å². The molecule has 1 aromatic carbocycles. The van der Waals surface area contributed by atoms with Crippen molar-refractivity contribution in [2.24, 2.45) is 5.92 Å². The molecule has 0 spiro atoms. The molecule has 1 rings (SSSR count).